The number of ether oxygens (including phenoxy) is 3. The SMILES string of the molecule is C=C(C)c1cc(C(=O)N2Cc3cccc(OCCN(C)C)c3C2)c(OCc2ccccc2)cc1OCc1ccccc1. The van der Waals surface area contributed by atoms with Gasteiger partial charge in [-0.15, -0.1) is 0 Å². The number of fused-ring (bicyclic) bond motifs is 1. The number of hydrogen-bond donors (Lipinski definition) is 0. The van der Waals surface area contributed by atoms with Gasteiger partial charge < -0.3 is 24.0 Å². The van der Waals surface area contributed by atoms with Crippen molar-refractivity contribution in [1.82, 2.24) is 9.80 Å². The molecule has 1 amide bonds. The van der Waals surface area contributed by atoms with Crippen LogP contribution in [0.2, 0.25) is 0 Å². The first-order valence-electron chi connectivity index (χ1n) is 14.2. The second-order valence-electron chi connectivity index (χ2n) is 10.9. The van der Waals surface area contributed by atoms with E-state index in [9.17, 15) is 4.79 Å². The molecule has 0 fully saturated rings. The van der Waals surface area contributed by atoms with Crippen LogP contribution in [-0.4, -0.2) is 43.0 Å². The molecule has 1 aliphatic heterocycles. The predicted octanol–water partition coefficient (Wildman–Crippen LogP) is 6.97. The molecule has 0 bridgehead atoms. The summed E-state index contributed by atoms with van der Waals surface area (Å²) in [6.07, 6.45) is 0. The summed E-state index contributed by atoms with van der Waals surface area (Å²) in [5.41, 5.74) is 6.29. The topological polar surface area (TPSA) is 51.2 Å². The summed E-state index contributed by atoms with van der Waals surface area (Å²) in [6, 6.07) is 29.7. The maximum absolute atomic E-state index is 14.2. The van der Waals surface area contributed by atoms with Gasteiger partial charge in [-0.3, -0.25) is 4.79 Å². The molecule has 6 nitrogen and oxygen atoms in total. The molecule has 1 aliphatic rings. The molecular formula is C36H38N2O4. The fourth-order valence-corrected chi connectivity index (χ4v) is 4.95. The van der Waals surface area contributed by atoms with E-state index in [2.05, 4.69) is 17.5 Å². The van der Waals surface area contributed by atoms with E-state index < -0.39 is 0 Å². The van der Waals surface area contributed by atoms with Crippen molar-refractivity contribution in [1.29, 1.82) is 0 Å². The van der Waals surface area contributed by atoms with Crippen molar-refractivity contribution in [3.8, 4) is 17.2 Å². The summed E-state index contributed by atoms with van der Waals surface area (Å²) in [4.78, 5) is 18.1. The second kappa shape index (κ2) is 13.4. The van der Waals surface area contributed by atoms with Crippen LogP contribution in [-0.2, 0) is 26.3 Å². The molecular weight excluding hydrogens is 524 g/mol. The summed E-state index contributed by atoms with van der Waals surface area (Å²) in [7, 11) is 4.04. The highest BCUT2D eigenvalue weighted by molar-refractivity contribution is 5.98. The van der Waals surface area contributed by atoms with E-state index in [4.69, 9.17) is 14.2 Å². The minimum Gasteiger partial charge on any atom is -0.492 e. The maximum atomic E-state index is 14.2. The van der Waals surface area contributed by atoms with Crippen LogP contribution < -0.4 is 14.2 Å². The molecule has 0 aromatic heterocycles. The second-order valence-corrected chi connectivity index (χ2v) is 10.9. The van der Waals surface area contributed by atoms with Crippen molar-refractivity contribution in [2.24, 2.45) is 0 Å². The Morgan fingerprint density at radius 2 is 1.38 bits per heavy atom. The molecule has 216 valence electrons. The molecule has 0 saturated carbocycles. The lowest BCUT2D eigenvalue weighted by Crippen LogP contribution is -2.26. The lowest BCUT2D eigenvalue weighted by atomic mass is 10.0. The number of amides is 1. The monoisotopic (exact) mass is 562 g/mol. The van der Waals surface area contributed by atoms with E-state index in [0.717, 1.165) is 45.7 Å². The third kappa shape index (κ3) is 7.01. The van der Waals surface area contributed by atoms with Crippen molar-refractivity contribution in [2.45, 2.75) is 33.2 Å². The average Bonchev–Trinajstić information content (AvgIpc) is 3.45. The minimum absolute atomic E-state index is 0.106. The Morgan fingerprint density at radius 1 is 0.762 bits per heavy atom. The molecule has 0 N–H and O–H groups in total. The summed E-state index contributed by atoms with van der Waals surface area (Å²) in [5.74, 6) is 1.84. The third-order valence-corrected chi connectivity index (χ3v) is 7.27. The number of rotatable bonds is 12. The van der Waals surface area contributed by atoms with Gasteiger partial charge in [-0.1, -0.05) is 79.4 Å². The van der Waals surface area contributed by atoms with E-state index in [1.54, 1.807) is 0 Å². The Labute approximate surface area is 248 Å². The summed E-state index contributed by atoms with van der Waals surface area (Å²) in [6.45, 7) is 9.21. The summed E-state index contributed by atoms with van der Waals surface area (Å²) < 4.78 is 18.7. The van der Waals surface area contributed by atoms with Crippen LogP contribution in [0, 0.1) is 0 Å². The lowest BCUT2D eigenvalue weighted by molar-refractivity contribution is 0.0745. The zero-order chi connectivity index (χ0) is 29.5. The highest BCUT2D eigenvalue weighted by Gasteiger charge is 2.29. The number of likely N-dealkylation sites (N-methyl/N-ethyl adjacent to an activating group) is 1. The zero-order valence-electron chi connectivity index (χ0n) is 24.6. The largest absolute Gasteiger partial charge is 0.492 e. The van der Waals surface area contributed by atoms with Gasteiger partial charge in [-0.05, 0) is 55.4 Å². The predicted molar refractivity (Wildman–Crippen MR) is 167 cm³/mol. The molecule has 0 aliphatic carbocycles. The van der Waals surface area contributed by atoms with Crippen molar-refractivity contribution in [3.05, 3.63) is 131 Å². The van der Waals surface area contributed by atoms with Gasteiger partial charge in [0.2, 0.25) is 0 Å². The molecule has 4 aromatic rings. The Hall–Kier alpha value is -4.55. The highest BCUT2D eigenvalue weighted by atomic mass is 16.5. The van der Waals surface area contributed by atoms with Crippen molar-refractivity contribution in [3.63, 3.8) is 0 Å². The van der Waals surface area contributed by atoms with Crippen LogP contribution in [0.25, 0.3) is 5.57 Å². The molecule has 4 aromatic carbocycles. The van der Waals surface area contributed by atoms with Gasteiger partial charge in [0.1, 0.15) is 37.1 Å². The number of benzene rings is 4. The molecule has 0 radical (unpaired) electrons. The Morgan fingerprint density at radius 3 is 1.98 bits per heavy atom. The number of carbonyl (C=O) groups excluding carboxylic acids is 1. The van der Waals surface area contributed by atoms with Gasteiger partial charge in [-0.2, -0.15) is 0 Å². The smallest absolute Gasteiger partial charge is 0.258 e. The third-order valence-electron chi connectivity index (χ3n) is 7.27. The van der Waals surface area contributed by atoms with Gasteiger partial charge in [0.15, 0.2) is 0 Å². The normalized spacial score (nSPS) is 12.2. The minimum atomic E-state index is -0.106. The number of carbonyl (C=O) groups is 1. The quantitative estimate of drug-likeness (QED) is 0.187. The number of allylic oxidation sites excluding steroid dienone is 1. The molecule has 6 heteroatoms. The van der Waals surface area contributed by atoms with E-state index in [-0.39, 0.29) is 5.91 Å². The molecule has 0 atom stereocenters. The maximum Gasteiger partial charge on any atom is 0.258 e. The average molecular weight is 563 g/mol. The summed E-state index contributed by atoms with van der Waals surface area (Å²) >= 11 is 0. The van der Waals surface area contributed by atoms with Gasteiger partial charge in [0, 0.05) is 30.3 Å². The van der Waals surface area contributed by atoms with Crippen molar-refractivity contribution >= 4 is 11.5 Å². The van der Waals surface area contributed by atoms with Crippen LogP contribution in [0.4, 0.5) is 0 Å². The van der Waals surface area contributed by atoms with Crippen LogP contribution in [0.15, 0.2) is 97.6 Å². The molecule has 0 saturated heterocycles. The van der Waals surface area contributed by atoms with Gasteiger partial charge in [0.05, 0.1) is 12.1 Å². The Kier molecular flexibility index (Phi) is 9.25. The lowest BCUT2D eigenvalue weighted by Gasteiger charge is -2.21. The van der Waals surface area contributed by atoms with Crippen molar-refractivity contribution in [2.75, 3.05) is 27.2 Å². The molecule has 42 heavy (non-hydrogen) atoms. The number of nitrogens with zero attached hydrogens (tertiary/aromatic N) is 2. The molecule has 1 heterocycles. The molecule has 0 spiro atoms. The van der Waals surface area contributed by atoms with Gasteiger partial charge in [-0.25, -0.2) is 0 Å². The van der Waals surface area contributed by atoms with Crippen molar-refractivity contribution < 1.29 is 19.0 Å². The van der Waals surface area contributed by atoms with Crippen LogP contribution in [0.1, 0.15) is 45.1 Å². The standard InChI is InChI=1S/C36H38N2O4/c1-26(2)30-20-31(36(39)38-22-29-16-11-17-33(32(29)23-38)40-19-18-37(3)4)35(42-25-28-14-9-6-10-15-28)21-34(30)41-24-27-12-7-5-8-13-27/h5-17,20-21H,1,18-19,22-25H2,2-4H3. The van der Waals surface area contributed by atoms with Crippen LogP contribution in [0.3, 0.4) is 0 Å². The van der Waals surface area contributed by atoms with Crippen LogP contribution >= 0.6 is 0 Å². The van der Waals surface area contributed by atoms with Gasteiger partial charge >= 0.3 is 0 Å². The molecule has 5 rings (SSSR count). The first kappa shape index (κ1) is 29.0. The first-order chi connectivity index (χ1) is 20.4. The fourth-order valence-electron chi connectivity index (χ4n) is 4.95. The Balaban J connectivity index is 1.44. The van der Waals surface area contributed by atoms with Gasteiger partial charge in [0.25, 0.3) is 5.91 Å². The van der Waals surface area contributed by atoms with E-state index in [0.29, 0.717) is 50.0 Å². The first-order valence-corrected chi connectivity index (χ1v) is 14.2. The zero-order valence-corrected chi connectivity index (χ0v) is 24.6. The van der Waals surface area contributed by atoms with E-state index in [1.807, 2.05) is 111 Å². The van der Waals surface area contributed by atoms with Crippen LogP contribution in [0.5, 0.6) is 17.2 Å². The fraction of sp³-hybridized carbons (Fsp3) is 0.250. The summed E-state index contributed by atoms with van der Waals surface area (Å²) in [5, 5.41) is 0. The molecule has 0 unspecified atom stereocenters. The van der Waals surface area contributed by atoms with E-state index in [1.165, 1.54) is 0 Å². The number of hydrogen-bond acceptors (Lipinski definition) is 5. The van der Waals surface area contributed by atoms with E-state index >= 15 is 0 Å². The Bertz CT molecular complexity index is 1530. The highest BCUT2D eigenvalue weighted by Crippen LogP contribution is 2.37.